The molecule has 2 aliphatic rings. The number of nitrogens with zero attached hydrogens (tertiary/aromatic N) is 2. The molecular weight excluding hydrogens is 348 g/mol. The summed E-state index contributed by atoms with van der Waals surface area (Å²) in [5, 5.41) is 20.0. The monoisotopic (exact) mass is 368 g/mol. The smallest absolute Gasteiger partial charge is 0.410 e. The zero-order valence-electron chi connectivity index (χ0n) is 14.7. The summed E-state index contributed by atoms with van der Waals surface area (Å²) in [5.41, 5.74) is 0.262. The van der Waals surface area contributed by atoms with Gasteiger partial charge in [-0.2, -0.15) is 0 Å². The number of piperazine rings is 1. The molecular formula is C20H20N2O5. The summed E-state index contributed by atoms with van der Waals surface area (Å²) in [6.07, 6.45) is 0.180. The van der Waals surface area contributed by atoms with E-state index in [1.165, 1.54) is 18.2 Å². The fourth-order valence-corrected chi connectivity index (χ4v) is 3.92. The van der Waals surface area contributed by atoms with Crippen LogP contribution in [-0.2, 0) is 11.2 Å². The number of cyclic esters (lactones) is 1. The third-order valence-corrected chi connectivity index (χ3v) is 5.23. The van der Waals surface area contributed by atoms with Gasteiger partial charge in [0.1, 0.15) is 29.2 Å². The van der Waals surface area contributed by atoms with Crippen molar-refractivity contribution in [3.05, 3.63) is 59.7 Å². The number of benzene rings is 2. The molecule has 1 atom stereocenters. The Balaban J connectivity index is 1.64. The van der Waals surface area contributed by atoms with Crippen molar-refractivity contribution in [2.75, 3.05) is 26.2 Å². The summed E-state index contributed by atoms with van der Waals surface area (Å²) < 4.78 is 5.31. The number of rotatable bonds is 3. The molecule has 0 aliphatic carbocycles. The quantitative estimate of drug-likeness (QED) is 0.865. The van der Waals surface area contributed by atoms with Crippen LogP contribution in [0.2, 0.25) is 0 Å². The molecule has 0 bridgehead atoms. The van der Waals surface area contributed by atoms with Gasteiger partial charge in [0.05, 0.1) is 0 Å². The SMILES string of the molecule is O=C(c1c(O)cccc1O)N1CCN2C(=O)OCC2(Cc2ccccc2)C1. The van der Waals surface area contributed by atoms with Crippen molar-refractivity contribution < 1.29 is 24.5 Å². The molecule has 0 saturated carbocycles. The highest BCUT2D eigenvalue weighted by atomic mass is 16.6. The van der Waals surface area contributed by atoms with E-state index in [-0.39, 0.29) is 36.3 Å². The minimum atomic E-state index is -0.660. The van der Waals surface area contributed by atoms with E-state index < -0.39 is 11.4 Å². The third-order valence-electron chi connectivity index (χ3n) is 5.23. The average molecular weight is 368 g/mol. The van der Waals surface area contributed by atoms with Crippen LogP contribution in [0.3, 0.4) is 0 Å². The van der Waals surface area contributed by atoms with Crippen molar-refractivity contribution in [2.24, 2.45) is 0 Å². The second-order valence-corrected chi connectivity index (χ2v) is 6.99. The van der Waals surface area contributed by atoms with E-state index in [0.29, 0.717) is 19.5 Å². The van der Waals surface area contributed by atoms with Gasteiger partial charge in [0.25, 0.3) is 5.91 Å². The molecule has 27 heavy (non-hydrogen) atoms. The second-order valence-electron chi connectivity index (χ2n) is 6.99. The van der Waals surface area contributed by atoms with Crippen LogP contribution in [0.15, 0.2) is 48.5 Å². The van der Waals surface area contributed by atoms with Crippen molar-refractivity contribution in [1.29, 1.82) is 0 Å². The molecule has 0 radical (unpaired) electrons. The highest BCUT2D eigenvalue weighted by Crippen LogP contribution is 2.35. The first kappa shape index (κ1) is 17.2. The van der Waals surface area contributed by atoms with E-state index in [2.05, 4.69) is 0 Å². The fourth-order valence-electron chi connectivity index (χ4n) is 3.92. The van der Waals surface area contributed by atoms with Gasteiger partial charge < -0.3 is 19.8 Å². The van der Waals surface area contributed by atoms with Crippen molar-refractivity contribution >= 4 is 12.0 Å². The maximum Gasteiger partial charge on any atom is 0.410 e. The zero-order chi connectivity index (χ0) is 19.0. The van der Waals surface area contributed by atoms with E-state index in [1.54, 1.807) is 9.80 Å². The summed E-state index contributed by atoms with van der Waals surface area (Å²) in [7, 11) is 0. The molecule has 7 heteroatoms. The van der Waals surface area contributed by atoms with Gasteiger partial charge in [-0.3, -0.25) is 9.69 Å². The Morgan fingerprint density at radius 1 is 1.04 bits per heavy atom. The number of amides is 2. The van der Waals surface area contributed by atoms with Crippen LogP contribution in [0.25, 0.3) is 0 Å². The van der Waals surface area contributed by atoms with E-state index in [9.17, 15) is 19.8 Å². The van der Waals surface area contributed by atoms with E-state index in [0.717, 1.165) is 5.56 Å². The number of phenols is 2. The largest absolute Gasteiger partial charge is 0.507 e. The minimum Gasteiger partial charge on any atom is -0.507 e. The Labute approximate surface area is 156 Å². The molecule has 4 rings (SSSR count). The number of aromatic hydroxyl groups is 2. The highest BCUT2D eigenvalue weighted by Gasteiger charge is 2.51. The molecule has 1 unspecified atom stereocenters. The zero-order valence-corrected chi connectivity index (χ0v) is 14.7. The van der Waals surface area contributed by atoms with Crippen molar-refractivity contribution in [3.63, 3.8) is 0 Å². The van der Waals surface area contributed by atoms with Crippen molar-refractivity contribution in [3.8, 4) is 11.5 Å². The van der Waals surface area contributed by atoms with E-state index in [4.69, 9.17) is 4.74 Å². The average Bonchev–Trinajstić information content (AvgIpc) is 2.98. The first-order valence-electron chi connectivity index (χ1n) is 8.79. The maximum absolute atomic E-state index is 13.0. The first-order chi connectivity index (χ1) is 13.0. The molecule has 2 aliphatic heterocycles. The van der Waals surface area contributed by atoms with Gasteiger partial charge >= 0.3 is 6.09 Å². The number of ether oxygens (including phenoxy) is 1. The van der Waals surface area contributed by atoms with Crippen LogP contribution >= 0.6 is 0 Å². The van der Waals surface area contributed by atoms with Crippen molar-refractivity contribution in [1.82, 2.24) is 9.80 Å². The number of carbonyl (C=O) groups is 2. The van der Waals surface area contributed by atoms with Crippen LogP contribution in [0.1, 0.15) is 15.9 Å². The molecule has 2 heterocycles. The number of phenolic OH excluding ortho intramolecular Hbond substituents is 2. The topological polar surface area (TPSA) is 90.3 Å². The summed E-state index contributed by atoms with van der Waals surface area (Å²) in [4.78, 5) is 28.4. The summed E-state index contributed by atoms with van der Waals surface area (Å²) in [6, 6.07) is 13.9. The lowest BCUT2D eigenvalue weighted by molar-refractivity contribution is 0.0371. The van der Waals surface area contributed by atoms with Gasteiger partial charge in [-0.1, -0.05) is 36.4 Å². The Bertz CT molecular complexity index is 865. The Hall–Kier alpha value is -3.22. The Morgan fingerprint density at radius 3 is 2.44 bits per heavy atom. The summed E-state index contributed by atoms with van der Waals surface area (Å²) in [5.74, 6) is -0.992. The van der Waals surface area contributed by atoms with Gasteiger partial charge in [0.2, 0.25) is 0 Å². The molecule has 2 amide bonds. The molecule has 2 aromatic carbocycles. The van der Waals surface area contributed by atoms with Crippen LogP contribution in [-0.4, -0.2) is 63.8 Å². The third kappa shape index (κ3) is 2.95. The minimum absolute atomic E-state index is 0.119. The molecule has 7 nitrogen and oxygen atoms in total. The van der Waals surface area contributed by atoms with Crippen LogP contribution < -0.4 is 0 Å². The number of hydrogen-bond donors (Lipinski definition) is 2. The van der Waals surface area contributed by atoms with Crippen LogP contribution in [0, 0.1) is 0 Å². The summed E-state index contributed by atoms with van der Waals surface area (Å²) >= 11 is 0. The molecule has 140 valence electrons. The molecule has 2 fully saturated rings. The fraction of sp³-hybridized carbons (Fsp3) is 0.300. The first-order valence-corrected chi connectivity index (χ1v) is 8.79. The second kappa shape index (κ2) is 6.50. The maximum atomic E-state index is 13.0. The van der Waals surface area contributed by atoms with Gasteiger partial charge in [-0.05, 0) is 17.7 Å². The normalized spacial score (nSPS) is 21.7. The molecule has 0 aromatic heterocycles. The van der Waals surface area contributed by atoms with Crippen LogP contribution in [0.4, 0.5) is 4.79 Å². The lowest BCUT2D eigenvalue weighted by Gasteiger charge is -2.44. The van der Waals surface area contributed by atoms with E-state index in [1.807, 2.05) is 30.3 Å². The summed E-state index contributed by atoms with van der Waals surface area (Å²) in [6.45, 7) is 1.10. The van der Waals surface area contributed by atoms with Gasteiger partial charge in [-0.15, -0.1) is 0 Å². The van der Waals surface area contributed by atoms with Gasteiger partial charge in [-0.25, -0.2) is 4.79 Å². The lowest BCUT2D eigenvalue weighted by atomic mass is 9.88. The highest BCUT2D eigenvalue weighted by molar-refractivity contribution is 5.99. The molecule has 2 saturated heterocycles. The molecule has 2 aromatic rings. The number of hydrogen-bond acceptors (Lipinski definition) is 5. The van der Waals surface area contributed by atoms with E-state index >= 15 is 0 Å². The standard InChI is InChI=1S/C20H20N2O5/c23-15-7-4-8-16(24)17(15)18(25)21-9-10-22-19(26)27-13-20(22,12-21)11-14-5-2-1-3-6-14/h1-8,23-24H,9-13H2. The van der Waals surface area contributed by atoms with Gasteiger partial charge in [0.15, 0.2) is 0 Å². The molecule has 0 spiro atoms. The Kier molecular flexibility index (Phi) is 4.14. The van der Waals surface area contributed by atoms with Gasteiger partial charge in [0, 0.05) is 26.1 Å². The van der Waals surface area contributed by atoms with Crippen LogP contribution in [0.5, 0.6) is 11.5 Å². The number of carbonyl (C=O) groups excluding carboxylic acids is 2. The molecule has 2 N–H and O–H groups in total. The Morgan fingerprint density at radius 2 is 1.74 bits per heavy atom. The number of fused-ring (bicyclic) bond motifs is 1. The predicted octanol–water partition coefficient (Wildman–Crippen LogP) is 1.99. The lowest BCUT2D eigenvalue weighted by Crippen LogP contribution is -2.63. The predicted molar refractivity (Wildman–Crippen MR) is 96.6 cm³/mol. The van der Waals surface area contributed by atoms with Crippen molar-refractivity contribution in [2.45, 2.75) is 12.0 Å².